The molecule has 128 valence electrons. The number of rotatable bonds is 6. The van der Waals surface area contributed by atoms with Crippen LogP contribution in [0.25, 0.3) is 10.6 Å². The Labute approximate surface area is 148 Å². The molecular weight excluding hydrogens is 340 g/mol. The highest BCUT2D eigenvalue weighted by atomic mass is 32.1. The number of aromatic nitrogens is 3. The Kier molecular flexibility index (Phi) is 4.90. The zero-order valence-electron chi connectivity index (χ0n) is 13.5. The molecule has 0 unspecified atom stereocenters. The summed E-state index contributed by atoms with van der Waals surface area (Å²) in [5.41, 5.74) is 1.21. The summed E-state index contributed by atoms with van der Waals surface area (Å²) < 4.78 is 1.35. The Bertz CT molecular complexity index is 875. The summed E-state index contributed by atoms with van der Waals surface area (Å²) in [6.07, 6.45) is 0. The molecule has 0 bridgehead atoms. The lowest BCUT2D eigenvalue weighted by atomic mass is 10.2. The number of aromatic carboxylic acids is 1. The van der Waals surface area contributed by atoms with E-state index in [1.165, 1.54) is 16.0 Å². The number of hydrogen-bond acceptors (Lipinski definition) is 5. The SMILES string of the molecule is CN(Cc1ccccc1)C(=O)Cn1nnc(C(=O)O)c1-c1cccs1. The molecule has 0 saturated heterocycles. The van der Waals surface area contributed by atoms with Crippen molar-refractivity contribution in [2.75, 3.05) is 7.05 Å². The van der Waals surface area contributed by atoms with Gasteiger partial charge in [-0.3, -0.25) is 4.79 Å². The van der Waals surface area contributed by atoms with E-state index in [-0.39, 0.29) is 18.1 Å². The summed E-state index contributed by atoms with van der Waals surface area (Å²) in [5, 5.41) is 18.7. The maximum Gasteiger partial charge on any atom is 0.358 e. The van der Waals surface area contributed by atoms with Crippen molar-refractivity contribution < 1.29 is 14.7 Å². The molecule has 2 aromatic heterocycles. The zero-order chi connectivity index (χ0) is 17.8. The molecule has 0 aliphatic heterocycles. The van der Waals surface area contributed by atoms with Crippen LogP contribution in [0.5, 0.6) is 0 Å². The van der Waals surface area contributed by atoms with E-state index in [4.69, 9.17) is 0 Å². The van der Waals surface area contributed by atoms with Gasteiger partial charge in [0.1, 0.15) is 12.2 Å². The highest BCUT2D eigenvalue weighted by Crippen LogP contribution is 2.27. The number of carbonyl (C=O) groups excluding carboxylic acids is 1. The number of benzene rings is 1. The molecule has 1 aromatic carbocycles. The number of carboxylic acid groups (broad SMARTS) is 1. The third kappa shape index (κ3) is 3.74. The highest BCUT2D eigenvalue weighted by Gasteiger charge is 2.23. The predicted molar refractivity (Wildman–Crippen MR) is 93.2 cm³/mol. The first-order valence-corrected chi connectivity index (χ1v) is 8.42. The molecule has 3 aromatic rings. The van der Waals surface area contributed by atoms with E-state index in [9.17, 15) is 14.7 Å². The normalized spacial score (nSPS) is 10.6. The van der Waals surface area contributed by atoms with Crippen LogP contribution in [0.3, 0.4) is 0 Å². The summed E-state index contributed by atoms with van der Waals surface area (Å²) in [4.78, 5) is 26.2. The van der Waals surface area contributed by atoms with Gasteiger partial charge in [0.05, 0.1) is 4.88 Å². The largest absolute Gasteiger partial charge is 0.476 e. The monoisotopic (exact) mass is 356 g/mol. The number of likely N-dealkylation sites (N-methyl/N-ethyl adjacent to an activating group) is 1. The van der Waals surface area contributed by atoms with Crippen LogP contribution < -0.4 is 0 Å². The van der Waals surface area contributed by atoms with Crippen molar-refractivity contribution in [3.05, 3.63) is 59.1 Å². The molecule has 0 saturated carbocycles. The van der Waals surface area contributed by atoms with Crippen LogP contribution in [0.2, 0.25) is 0 Å². The fraction of sp³-hybridized carbons (Fsp3) is 0.176. The number of thiophene rings is 1. The van der Waals surface area contributed by atoms with E-state index in [2.05, 4.69) is 10.3 Å². The maximum atomic E-state index is 12.5. The second-order valence-electron chi connectivity index (χ2n) is 5.46. The van der Waals surface area contributed by atoms with Crippen molar-refractivity contribution in [2.45, 2.75) is 13.1 Å². The van der Waals surface area contributed by atoms with Crippen LogP contribution in [0.1, 0.15) is 16.1 Å². The lowest BCUT2D eigenvalue weighted by Gasteiger charge is -2.17. The number of hydrogen-bond donors (Lipinski definition) is 1. The van der Waals surface area contributed by atoms with Gasteiger partial charge in [-0.25, -0.2) is 9.48 Å². The lowest BCUT2D eigenvalue weighted by Crippen LogP contribution is -2.30. The molecule has 0 radical (unpaired) electrons. The smallest absolute Gasteiger partial charge is 0.358 e. The van der Waals surface area contributed by atoms with E-state index in [1.54, 1.807) is 18.0 Å². The molecule has 8 heteroatoms. The minimum absolute atomic E-state index is 0.0726. The minimum atomic E-state index is -1.17. The van der Waals surface area contributed by atoms with Gasteiger partial charge in [0, 0.05) is 13.6 Å². The van der Waals surface area contributed by atoms with Crippen molar-refractivity contribution in [3.63, 3.8) is 0 Å². The van der Waals surface area contributed by atoms with E-state index in [0.29, 0.717) is 17.1 Å². The molecule has 0 spiro atoms. The first-order chi connectivity index (χ1) is 12.1. The van der Waals surface area contributed by atoms with Gasteiger partial charge in [-0.1, -0.05) is 41.6 Å². The fourth-order valence-corrected chi connectivity index (χ4v) is 3.19. The maximum absolute atomic E-state index is 12.5. The molecule has 0 aliphatic carbocycles. The van der Waals surface area contributed by atoms with Crippen LogP contribution in [-0.2, 0) is 17.9 Å². The van der Waals surface area contributed by atoms with Crippen molar-refractivity contribution >= 4 is 23.2 Å². The molecule has 2 heterocycles. The Hall–Kier alpha value is -3.00. The molecule has 0 fully saturated rings. The Balaban J connectivity index is 1.81. The first kappa shape index (κ1) is 16.8. The van der Waals surface area contributed by atoms with Crippen LogP contribution >= 0.6 is 11.3 Å². The van der Waals surface area contributed by atoms with Crippen LogP contribution in [0, 0.1) is 0 Å². The van der Waals surface area contributed by atoms with E-state index >= 15 is 0 Å². The first-order valence-electron chi connectivity index (χ1n) is 7.55. The van der Waals surface area contributed by atoms with Gasteiger partial charge in [0.15, 0.2) is 5.69 Å². The second-order valence-corrected chi connectivity index (χ2v) is 6.41. The molecule has 7 nitrogen and oxygen atoms in total. The molecule has 25 heavy (non-hydrogen) atoms. The third-order valence-corrected chi connectivity index (χ3v) is 4.54. The predicted octanol–water partition coefficient (Wildman–Crippen LogP) is 2.36. The molecule has 0 atom stereocenters. The average Bonchev–Trinajstić information content (AvgIpc) is 3.24. The van der Waals surface area contributed by atoms with Crippen molar-refractivity contribution in [1.29, 1.82) is 0 Å². The van der Waals surface area contributed by atoms with E-state index in [0.717, 1.165) is 5.56 Å². The topological polar surface area (TPSA) is 88.3 Å². The second kappa shape index (κ2) is 7.27. The molecule has 3 rings (SSSR count). The Morgan fingerprint density at radius 3 is 2.60 bits per heavy atom. The summed E-state index contributed by atoms with van der Waals surface area (Å²) in [6.45, 7) is 0.394. The van der Waals surface area contributed by atoms with Gasteiger partial charge in [-0.15, -0.1) is 16.4 Å². The van der Waals surface area contributed by atoms with Crippen molar-refractivity contribution in [1.82, 2.24) is 19.9 Å². The third-order valence-electron chi connectivity index (χ3n) is 3.67. The van der Waals surface area contributed by atoms with E-state index < -0.39 is 5.97 Å². The Morgan fingerprint density at radius 2 is 1.96 bits per heavy atom. The van der Waals surface area contributed by atoms with Crippen LogP contribution in [0.4, 0.5) is 0 Å². The van der Waals surface area contributed by atoms with Gasteiger partial charge < -0.3 is 10.0 Å². The minimum Gasteiger partial charge on any atom is -0.476 e. The molecule has 1 N–H and O–H groups in total. The van der Waals surface area contributed by atoms with Crippen LogP contribution in [-0.4, -0.2) is 43.9 Å². The molecule has 1 amide bonds. The zero-order valence-corrected chi connectivity index (χ0v) is 14.3. The van der Waals surface area contributed by atoms with Crippen molar-refractivity contribution in [3.8, 4) is 10.6 Å². The summed E-state index contributed by atoms with van der Waals surface area (Å²) in [5.74, 6) is -1.34. The van der Waals surface area contributed by atoms with Gasteiger partial charge in [-0.05, 0) is 17.0 Å². The van der Waals surface area contributed by atoms with E-state index in [1.807, 2.05) is 41.8 Å². The lowest BCUT2D eigenvalue weighted by molar-refractivity contribution is -0.131. The summed E-state index contributed by atoms with van der Waals surface area (Å²) >= 11 is 1.38. The number of carboxylic acids is 1. The number of amides is 1. The quantitative estimate of drug-likeness (QED) is 0.732. The average molecular weight is 356 g/mol. The number of nitrogens with zero attached hydrogens (tertiary/aromatic N) is 4. The van der Waals surface area contributed by atoms with Gasteiger partial charge in [0.2, 0.25) is 5.91 Å². The fourth-order valence-electron chi connectivity index (χ4n) is 2.42. The summed E-state index contributed by atoms with van der Waals surface area (Å²) in [7, 11) is 1.70. The number of carbonyl (C=O) groups is 2. The van der Waals surface area contributed by atoms with Gasteiger partial charge >= 0.3 is 5.97 Å². The van der Waals surface area contributed by atoms with Crippen molar-refractivity contribution in [2.24, 2.45) is 0 Å². The summed E-state index contributed by atoms with van der Waals surface area (Å²) in [6, 6.07) is 13.2. The molecular formula is C17H16N4O3S. The molecule has 0 aliphatic rings. The standard InChI is InChI=1S/C17H16N4O3S/c1-20(10-12-6-3-2-4-7-12)14(22)11-21-16(13-8-5-9-25-13)15(17(23)24)18-19-21/h2-9H,10-11H2,1H3,(H,23,24). The van der Waals surface area contributed by atoms with Gasteiger partial charge in [-0.2, -0.15) is 0 Å². The highest BCUT2D eigenvalue weighted by molar-refractivity contribution is 7.13. The van der Waals surface area contributed by atoms with Crippen LogP contribution in [0.15, 0.2) is 47.8 Å². The Morgan fingerprint density at radius 1 is 1.20 bits per heavy atom. The van der Waals surface area contributed by atoms with Gasteiger partial charge in [0.25, 0.3) is 0 Å².